The molecular weight excluding hydrogens is 225 g/mol. The molecular formula is C16H14FN. The summed E-state index contributed by atoms with van der Waals surface area (Å²) in [6.45, 7) is 3.78. The Kier molecular flexibility index (Phi) is 3.16. The first-order chi connectivity index (χ1) is 8.53. The normalized spacial score (nSPS) is 11.0. The van der Waals surface area contributed by atoms with Gasteiger partial charge in [0.05, 0.1) is 11.5 Å². The predicted octanol–water partition coefficient (Wildman–Crippen LogP) is 4.29. The van der Waals surface area contributed by atoms with Crippen molar-refractivity contribution in [3.8, 4) is 17.2 Å². The highest BCUT2D eigenvalue weighted by Gasteiger charge is 2.19. The van der Waals surface area contributed by atoms with Crippen molar-refractivity contribution in [2.24, 2.45) is 0 Å². The monoisotopic (exact) mass is 239 g/mol. The highest BCUT2D eigenvalue weighted by atomic mass is 19.1. The molecule has 90 valence electrons. The number of halogens is 1. The first kappa shape index (κ1) is 12.3. The third-order valence-corrected chi connectivity index (χ3v) is 3.06. The van der Waals surface area contributed by atoms with Crippen LogP contribution in [0.15, 0.2) is 48.5 Å². The molecule has 0 saturated carbocycles. The first-order valence-electron chi connectivity index (χ1n) is 5.81. The van der Waals surface area contributed by atoms with E-state index in [1.807, 2.05) is 38.1 Å². The van der Waals surface area contributed by atoms with E-state index in [0.29, 0.717) is 0 Å². The summed E-state index contributed by atoms with van der Waals surface area (Å²) >= 11 is 0. The molecule has 0 N–H and O–H groups in total. The molecule has 0 fully saturated rings. The molecule has 0 aliphatic heterocycles. The van der Waals surface area contributed by atoms with Crippen LogP contribution in [-0.4, -0.2) is 0 Å². The van der Waals surface area contributed by atoms with Gasteiger partial charge in [0.15, 0.2) is 0 Å². The lowest BCUT2D eigenvalue weighted by molar-refractivity contribution is 0.628. The van der Waals surface area contributed by atoms with Crippen molar-refractivity contribution in [3.63, 3.8) is 0 Å². The van der Waals surface area contributed by atoms with Gasteiger partial charge in [-0.25, -0.2) is 4.39 Å². The number of hydrogen-bond donors (Lipinski definition) is 0. The Labute approximate surface area is 107 Å². The van der Waals surface area contributed by atoms with Crippen LogP contribution in [0.3, 0.4) is 0 Å². The van der Waals surface area contributed by atoms with Crippen molar-refractivity contribution in [3.05, 3.63) is 59.9 Å². The molecule has 2 heteroatoms. The maximum atomic E-state index is 12.8. The van der Waals surface area contributed by atoms with Gasteiger partial charge in [-0.3, -0.25) is 0 Å². The van der Waals surface area contributed by atoms with Gasteiger partial charge < -0.3 is 0 Å². The van der Waals surface area contributed by atoms with Gasteiger partial charge in [-0.15, -0.1) is 0 Å². The second kappa shape index (κ2) is 4.62. The molecule has 0 atom stereocenters. The molecule has 0 bridgehead atoms. The van der Waals surface area contributed by atoms with Crippen molar-refractivity contribution < 1.29 is 4.39 Å². The lowest BCUT2D eigenvalue weighted by Crippen LogP contribution is -2.13. The maximum Gasteiger partial charge on any atom is 0.123 e. The van der Waals surface area contributed by atoms with Crippen LogP contribution in [0.25, 0.3) is 11.1 Å². The average Bonchev–Trinajstić information content (AvgIpc) is 2.40. The Morgan fingerprint density at radius 2 is 1.33 bits per heavy atom. The molecule has 2 aromatic carbocycles. The Hall–Kier alpha value is -2.14. The topological polar surface area (TPSA) is 23.8 Å². The first-order valence-corrected chi connectivity index (χ1v) is 5.81. The summed E-state index contributed by atoms with van der Waals surface area (Å²) in [5.74, 6) is -0.235. The lowest BCUT2D eigenvalue weighted by atomic mass is 9.85. The highest BCUT2D eigenvalue weighted by Crippen LogP contribution is 2.26. The lowest BCUT2D eigenvalue weighted by Gasteiger charge is -2.16. The molecule has 0 spiro atoms. The summed E-state index contributed by atoms with van der Waals surface area (Å²) in [4.78, 5) is 0. The van der Waals surface area contributed by atoms with Gasteiger partial charge >= 0.3 is 0 Å². The third kappa shape index (κ3) is 2.41. The van der Waals surface area contributed by atoms with E-state index in [9.17, 15) is 4.39 Å². The highest BCUT2D eigenvalue weighted by molar-refractivity contribution is 5.63. The van der Waals surface area contributed by atoms with Crippen molar-refractivity contribution in [1.82, 2.24) is 0 Å². The van der Waals surface area contributed by atoms with Gasteiger partial charge in [0.2, 0.25) is 0 Å². The minimum absolute atomic E-state index is 0.235. The summed E-state index contributed by atoms with van der Waals surface area (Å²) < 4.78 is 12.8. The number of rotatable bonds is 2. The quantitative estimate of drug-likeness (QED) is 0.766. The van der Waals surface area contributed by atoms with Crippen LogP contribution in [0.5, 0.6) is 0 Å². The Balaban J connectivity index is 2.34. The molecule has 0 aliphatic carbocycles. The molecule has 0 aromatic heterocycles. The van der Waals surface area contributed by atoms with Gasteiger partial charge in [-0.05, 0) is 42.7 Å². The maximum absolute atomic E-state index is 12.8. The largest absolute Gasteiger partial charge is 0.207 e. The predicted molar refractivity (Wildman–Crippen MR) is 70.5 cm³/mol. The van der Waals surface area contributed by atoms with E-state index in [1.165, 1.54) is 12.1 Å². The van der Waals surface area contributed by atoms with Crippen LogP contribution in [-0.2, 0) is 5.41 Å². The summed E-state index contributed by atoms with van der Waals surface area (Å²) in [6.07, 6.45) is 0. The summed E-state index contributed by atoms with van der Waals surface area (Å²) in [7, 11) is 0. The minimum atomic E-state index is -0.485. The Morgan fingerprint density at radius 1 is 0.889 bits per heavy atom. The number of hydrogen-bond acceptors (Lipinski definition) is 1. The van der Waals surface area contributed by atoms with Crippen LogP contribution in [0.4, 0.5) is 4.39 Å². The van der Waals surface area contributed by atoms with Gasteiger partial charge in [-0.1, -0.05) is 36.4 Å². The zero-order valence-electron chi connectivity index (χ0n) is 10.4. The van der Waals surface area contributed by atoms with Gasteiger partial charge in [-0.2, -0.15) is 5.26 Å². The fraction of sp³-hybridized carbons (Fsp3) is 0.188. The van der Waals surface area contributed by atoms with Crippen LogP contribution in [0.2, 0.25) is 0 Å². The SMILES string of the molecule is CC(C)(C#N)c1ccc(-c2ccc(F)cc2)cc1. The smallest absolute Gasteiger partial charge is 0.123 e. The molecule has 18 heavy (non-hydrogen) atoms. The van der Waals surface area contributed by atoms with E-state index < -0.39 is 5.41 Å². The third-order valence-electron chi connectivity index (χ3n) is 3.06. The summed E-state index contributed by atoms with van der Waals surface area (Å²) in [5, 5.41) is 9.07. The average molecular weight is 239 g/mol. The molecule has 0 heterocycles. The van der Waals surface area contributed by atoms with Crippen molar-refractivity contribution in [2.75, 3.05) is 0 Å². The second-order valence-corrected chi connectivity index (χ2v) is 4.82. The van der Waals surface area contributed by atoms with Crippen molar-refractivity contribution >= 4 is 0 Å². The molecule has 0 radical (unpaired) electrons. The van der Waals surface area contributed by atoms with E-state index in [1.54, 1.807) is 12.1 Å². The van der Waals surface area contributed by atoms with E-state index in [-0.39, 0.29) is 5.82 Å². The molecule has 0 unspecified atom stereocenters. The fourth-order valence-corrected chi connectivity index (χ4v) is 1.79. The minimum Gasteiger partial charge on any atom is -0.207 e. The van der Waals surface area contributed by atoms with E-state index in [2.05, 4.69) is 6.07 Å². The van der Waals surface area contributed by atoms with E-state index in [4.69, 9.17) is 5.26 Å². The standard InChI is InChI=1S/C16H14FN/c1-16(2,11-18)14-7-3-12(4-8-14)13-5-9-15(17)10-6-13/h3-10H,1-2H3. The van der Waals surface area contributed by atoms with E-state index in [0.717, 1.165) is 16.7 Å². The molecule has 0 amide bonds. The Bertz CT molecular complexity index is 574. The van der Waals surface area contributed by atoms with Gasteiger partial charge in [0, 0.05) is 0 Å². The van der Waals surface area contributed by atoms with Crippen LogP contribution < -0.4 is 0 Å². The molecule has 2 aromatic rings. The molecule has 2 rings (SSSR count). The van der Waals surface area contributed by atoms with Crippen molar-refractivity contribution in [1.29, 1.82) is 5.26 Å². The molecule has 0 saturated heterocycles. The van der Waals surface area contributed by atoms with Crippen LogP contribution in [0.1, 0.15) is 19.4 Å². The van der Waals surface area contributed by atoms with Crippen molar-refractivity contribution in [2.45, 2.75) is 19.3 Å². The molecule has 1 nitrogen and oxygen atoms in total. The van der Waals surface area contributed by atoms with Gasteiger partial charge in [0.25, 0.3) is 0 Å². The Morgan fingerprint density at radius 3 is 1.78 bits per heavy atom. The second-order valence-electron chi connectivity index (χ2n) is 4.82. The zero-order valence-corrected chi connectivity index (χ0v) is 10.4. The summed E-state index contributed by atoms with van der Waals surface area (Å²) in [5.41, 5.74) is 2.49. The van der Waals surface area contributed by atoms with E-state index >= 15 is 0 Å². The molecule has 0 aliphatic rings. The van der Waals surface area contributed by atoms with Gasteiger partial charge in [0.1, 0.15) is 5.82 Å². The number of benzene rings is 2. The summed E-state index contributed by atoms with van der Waals surface area (Å²) in [6, 6.07) is 16.5. The zero-order chi connectivity index (χ0) is 13.2. The van der Waals surface area contributed by atoms with Crippen LogP contribution in [0, 0.1) is 17.1 Å². The number of nitriles is 1. The fourth-order valence-electron chi connectivity index (χ4n) is 1.79. The van der Waals surface area contributed by atoms with Crippen LogP contribution >= 0.6 is 0 Å². The number of nitrogens with zero attached hydrogens (tertiary/aromatic N) is 1.